The Hall–Kier alpha value is -0.420. The molecule has 2 unspecified atom stereocenters. The topological polar surface area (TPSA) is 49.4 Å². The van der Waals surface area contributed by atoms with E-state index in [0.717, 1.165) is 37.2 Å². The highest BCUT2D eigenvalue weighted by molar-refractivity contribution is 7.85. The molecule has 2 atom stereocenters. The number of rotatable bonds is 4. The van der Waals surface area contributed by atoms with E-state index in [9.17, 15) is 9.00 Å². The molecule has 5 heteroatoms. The summed E-state index contributed by atoms with van der Waals surface area (Å²) in [6, 6.07) is 0.252. The minimum absolute atomic E-state index is 0.0380. The summed E-state index contributed by atoms with van der Waals surface area (Å²) in [4.78, 5) is 14.7. The van der Waals surface area contributed by atoms with Gasteiger partial charge < -0.3 is 4.90 Å². The fourth-order valence-electron chi connectivity index (χ4n) is 3.14. The van der Waals surface area contributed by atoms with Crippen LogP contribution in [0.2, 0.25) is 0 Å². The minimum atomic E-state index is -0.663. The molecule has 2 fully saturated rings. The average Bonchev–Trinajstić information content (AvgIpc) is 2.68. The lowest BCUT2D eigenvalue weighted by atomic mass is 10.0. The normalized spacial score (nSPS) is 36.2. The van der Waals surface area contributed by atoms with E-state index in [1.807, 2.05) is 0 Å². The van der Waals surface area contributed by atoms with Gasteiger partial charge in [-0.3, -0.25) is 14.3 Å². The molecule has 0 aliphatic carbocycles. The summed E-state index contributed by atoms with van der Waals surface area (Å²) < 4.78 is 11.5. The summed E-state index contributed by atoms with van der Waals surface area (Å²) in [6.45, 7) is 6.35. The first kappa shape index (κ1) is 15.0. The fourth-order valence-corrected chi connectivity index (χ4v) is 4.41. The summed E-state index contributed by atoms with van der Waals surface area (Å²) >= 11 is 0. The van der Waals surface area contributed by atoms with Crippen molar-refractivity contribution in [1.82, 2.24) is 10.2 Å². The molecule has 0 aromatic heterocycles. The number of carbonyl (C=O) groups excluding carboxylic acids is 1. The van der Waals surface area contributed by atoms with Gasteiger partial charge in [-0.25, -0.2) is 0 Å². The van der Waals surface area contributed by atoms with Gasteiger partial charge in [-0.05, 0) is 25.2 Å². The summed E-state index contributed by atoms with van der Waals surface area (Å²) in [6.07, 6.45) is 4.05. The predicted octanol–water partition coefficient (Wildman–Crippen LogP) is 1.48. The van der Waals surface area contributed by atoms with Gasteiger partial charge in [-0.2, -0.15) is 0 Å². The molecule has 1 N–H and O–H groups in total. The van der Waals surface area contributed by atoms with Crippen molar-refractivity contribution in [2.45, 2.75) is 64.7 Å². The summed E-state index contributed by atoms with van der Waals surface area (Å²) in [7, 11) is -0.663. The van der Waals surface area contributed by atoms with Gasteiger partial charge in [0, 0.05) is 28.3 Å². The van der Waals surface area contributed by atoms with E-state index in [4.69, 9.17) is 0 Å². The maximum atomic E-state index is 12.6. The van der Waals surface area contributed by atoms with E-state index in [0.29, 0.717) is 5.92 Å². The number of nitrogens with one attached hydrogen (secondary N) is 1. The third kappa shape index (κ3) is 3.19. The van der Waals surface area contributed by atoms with Crippen LogP contribution in [0.15, 0.2) is 0 Å². The molecular formula is C14H26N2O2S. The second-order valence-corrected chi connectivity index (χ2v) is 7.71. The molecule has 0 aromatic carbocycles. The minimum Gasteiger partial charge on any atom is -0.323 e. The molecule has 2 saturated heterocycles. The lowest BCUT2D eigenvalue weighted by Crippen LogP contribution is -2.47. The van der Waals surface area contributed by atoms with Crippen LogP contribution in [0.1, 0.15) is 46.5 Å². The van der Waals surface area contributed by atoms with Crippen molar-refractivity contribution in [2.75, 3.05) is 11.5 Å². The van der Waals surface area contributed by atoms with Crippen LogP contribution < -0.4 is 5.32 Å². The summed E-state index contributed by atoms with van der Waals surface area (Å²) in [5, 5.41) is 3.50. The summed E-state index contributed by atoms with van der Waals surface area (Å²) in [5.41, 5.74) is 0. The third-order valence-electron chi connectivity index (χ3n) is 4.21. The number of amides is 1. The van der Waals surface area contributed by atoms with Crippen LogP contribution in [-0.2, 0) is 15.6 Å². The fraction of sp³-hybridized carbons (Fsp3) is 0.929. The number of hydrogen-bond donors (Lipinski definition) is 1. The highest BCUT2D eigenvalue weighted by atomic mass is 32.2. The van der Waals surface area contributed by atoms with Gasteiger partial charge in [0.15, 0.2) is 0 Å². The largest absolute Gasteiger partial charge is 0.323 e. The van der Waals surface area contributed by atoms with Gasteiger partial charge in [0.1, 0.15) is 0 Å². The molecule has 2 rings (SSSR count). The Morgan fingerprint density at radius 3 is 2.53 bits per heavy atom. The molecule has 0 bridgehead atoms. The van der Waals surface area contributed by atoms with Crippen molar-refractivity contribution >= 4 is 16.7 Å². The first-order chi connectivity index (χ1) is 9.04. The summed E-state index contributed by atoms with van der Waals surface area (Å²) in [5.74, 6) is 2.08. The predicted molar refractivity (Wildman–Crippen MR) is 78.2 cm³/mol. The van der Waals surface area contributed by atoms with E-state index in [2.05, 4.69) is 31.0 Å². The van der Waals surface area contributed by atoms with Crippen LogP contribution in [-0.4, -0.2) is 44.8 Å². The van der Waals surface area contributed by atoms with Crippen LogP contribution in [0.5, 0.6) is 0 Å². The standard InChI is InChI=1S/C14H26N2O2S/c1-4-5-12-15-13(10(2)3)14(17)16(12)11-6-8-19(18)9-7-11/h10-13,15H,4-9H2,1-3H3. The second-order valence-electron chi connectivity index (χ2n) is 6.02. The Morgan fingerprint density at radius 2 is 2.00 bits per heavy atom. The number of carbonyl (C=O) groups is 1. The van der Waals surface area contributed by atoms with Crippen molar-refractivity contribution in [3.8, 4) is 0 Å². The van der Waals surface area contributed by atoms with Gasteiger partial charge in [0.2, 0.25) is 5.91 Å². The molecule has 0 aromatic rings. The van der Waals surface area contributed by atoms with E-state index >= 15 is 0 Å². The molecule has 0 radical (unpaired) electrons. The molecule has 19 heavy (non-hydrogen) atoms. The van der Waals surface area contributed by atoms with Crippen molar-refractivity contribution in [1.29, 1.82) is 0 Å². The van der Waals surface area contributed by atoms with Crippen molar-refractivity contribution in [2.24, 2.45) is 5.92 Å². The molecule has 0 saturated carbocycles. The average molecular weight is 286 g/mol. The van der Waals surface area contributed by atoms with Crippen molar-refractivity contribution in [3.63, 3.8) is 0 Å². The Bertz CT molecular complexity index is 349. The maximum Gasteiger partial charge on any atom is 0.241 e. The quantitative estimate of drug-likeness (QED) is 0.851. The number of hydrogen-bond acceptors (Lipinski definition) is 3. The van der Waals surface area contributed by atoms with Gasteiger partial charge in [0.05, 0.1) is 12.2 Å². The lowest BCUT2D eigenvalue weighted by Gasteiger charge is -2.35. The monoisotopic (exact) mass is 286 g/mol. The highest BCUT2D eigenvalue weighted by Gasteiger charge is 2.43. The second kappa shape index (κ2) is 6.35. The SMILES string of the molecule is CCCC1NC(C(C)C)C(=O)N1C1CCS(=O)CC1. The Kier molecular flexibility index (Phi) is 5.01. The van der Waals surface area contributed by atoms with Gasteiger partial charge in [-0.15, -0.1) is 0 Å². The smallest absolute Gasteiger partial charge is 0.241 e. The lowest BCUT2D eigenvalue weighted by molar-refractivity contribution is -0.133. The van der Waals surface area contributed by atoms with Crippen molar-refractivity contribution < 1.29 is 9.00 Å². The van der Waals surface area contributed by atoms with Crippen LogP contribution in [0.25, 0.3) is 0 Å². The zero-order valence-electron chi connectivity index (χ0n) is 12.2. The van der Waals surface area contributed by atoms with Gasteiger partial charge >= 0.3 is 0 Å². The molecule has 1 amide bonds. The molecule has 110 valence electrons. The molecule has 2 aliphatic rings. The van der Waals surface area contributed by atoms with Crippen LogP contribution >= 0.6 is 0 Å². The molecule has 0 spiro atoms. The molecule has 2 aliphatic heterocycles. The highest BCUT2D eigenvalue weighted by Crippen LogP contribution is 2.27. The van der Waals surface area contributed by atoms with E-state index in [-0.39, 0.29) is 24.2 Å². The Labute approximate surface area is 118 Å². The Morgan fingerprint density at radius 1 is 1.37 bits per heavy atom. The molecule has 2 heterocycles. The zero-order valence-corrected chi connectivity index (χ0v) is 13.0. The Balaban J connectivity index is 2.10. The first-order valence-corrected chi connectivity index (χ1v) is 8.96. The maximum absolute atomic E-state index is 12.6. The van der Waals surface area contributed by atoms with E-state index in [1.165, 1.54) is 0 Å². The van der Waals surface area contributed by atoms with Crippen LogP contribution in [0.3, 0.4) is 0 Å². The van der Waals surface area contributed by atoms with Gasteiger partial charge in [-0.1, -0.05) is 27.2 Å². The molecule has 4 nitrogen and oxygen atoms in total. The third-order valence-corrected chi connectivity index (χ3v) is 5.59. The van der Waals surface area contributed by atoms with Gasteiger partial charge in [0.25, 0.3) is 0 Å². The first-order valence-electron chi connectivity index (χ1n) is 7.47. The zero-order chi connectivity index (χ0) is 14.0. The van der Waals surface area contributed by atoms with E-state index < -0.39 is 10.8 Å². The van der Waals surface area contributed by atoms with Crippen LogP contribution in [0, 0.1) is 5.92 Å². The molecular weight excluding hydrogens is 260 g/mol. The van der Waals surface area contributed by atoms with E-state index in [1.54, 1.807) is 0 Å². The van der Waals surface area contributed by atoms with Crippen LogP contribution in [0.4, 0.5) is 0 Å². The number of nitrogens with zero attached hydrogens (tertiary/aromatic N) is 1. The van der Waals surface area contributed by atoms with Crippen molar-refractivity contribution in [3.05, 3.63) is 0 Å².